The summed E-state index contributed by atoms with van der Waals surface area (Å²) in [7, 11) is 0. The summed E-state index contributed by atoms with van der Waals surface area (Å²) in [6.07, 6.45) is 5.15. The molecule has 0 aromatic carbocycles. The third-order valence-electron chi connectivity index (χ3n) is 2.74. The third-order valence-corrected chi connectivity index (χ3v) is 3.73. The Balaban J connectivity index is 0.000000686. The lowest BCUT2D eigenvalue weighted by molar-refractivity contribution is 0.992. The van der Waals surface area contributed by atoms with Crippen LogP contribution >= 0.6 is 11.8 Å². The van der Waals surface area contributed by atoms with Crippen LogP contribution in [0.2, 0.25) is 0 Å². The average molecular weight is 251 g/mol. The van der Waals surface area contributed by atoms with E-state index in [1.165, 1.54) is 11.1 Å². The van der Waals surface area contributed by atoms with Crippen molar-refractivity contribution in [2.24, 2.45) is 0 Å². The molecule has 2 heterocycles. The fourth-order valence-corrected chi connectivity index (χ4v) is 3.02. The van der Waals surface area contributed by atoms with E-state index in [4.69, 9.17) is 0 Å². The number of thioether (sulfide) groups is 1. The van der Waals surface area contributed by atoms with Gasteiger partial charge in [-0.05, 0) is 37.1 Å². The highest BCUT2D eigenvalue weighted by atomic mass is 32.2. The molecule has 1 aromatic heterocycles. The van der Waals surface area contributed by atoms with Gasteiger partial charge in [0.05, 0.1) is 0 Å². The zero-order valence-corrected chi connectivity index (χ0v) is 11.9. The van der Waals surface area contributed by atoms with E-state index in [0.717, 1.165) is 29.2 Å². The van der Waals surface area contributed by atoms with E-state index in [9.17, 15) is 4.79 Å². The Morgan fingerprint density at radius 1 is 1.29 bits per heavy atom. The molecule has 1 aliphatic heterocycles. The smallest absolute Gasteiger partial charge is 0.252 e. The van der Waals surface area contributed by atoms with Crippen molar-refractivity contribution in [3.8, 4) is 0 Å². The zero-order valence-electron chi connectivity index (χ0n) is 11.1. The van der Waals surface area contributed by atoms with Gasteiger partial charge in [0.25, 0.3) is 5.56 Å². The molecule has 0 spiro atoms. The normalized spacial score (nSPS) is 14.1. The van der Waals surface area contributed by atoms with Gasteiger partial charge in [0, 0.05) is 17.0 Å². The summed E-state index contributed by atoms with van der Waals surface area (Å²) < 4.78 is 0. The SMILES string of the molecule is C/C=C\c1c(C)[nH]c(=O)c2c1CCSC2.CC. The number of rotatable bonds is 1. The number of H-pyrrole nitrogens is 1. The fraction of sp³-hybridized carbons (Fsp3) is 0.500. The molecule has 0 saturated carbocycles. The fourth-order valence-electron chi connectivity index (χ4n) is 2.02. The predicted molar refractivity (Wildman–Crippen MR) is 77.7 cm³/mol. The van der Waals surface area contributed by atoms with Crippen molar-refractivity contribution in [1.82, 2.24) is 4.98 Å². The summed E-state index contributed by atoms with van der Waals surface area (Å²) in [4.78, 5) is 14.7. The van der Waals surface area contributed by atoms with Crippen LogP contribution in [0.15, 0.2) is 10.9 Å². The molecule has 0 aliphatic carbocycles. The van der Waals surface area contributed by atoms with E-state index < -0.39 is 0 Å². The monoisotopic (exact) mass is 251 g/mol. The molecule has 0 saturated heterocycles. The van der Waals surface area contributed by atoms with E-state index in [2.05, 4.69) is 11.1 Å². The van der Waals surface area contributed by atoms with E-state index in [0.29, 0.717) is 0 Å². The Kier molecular flexibility index (Phi) is 5.56. The van der Waals surface area contributed by atoms with Crippen LogP contribution in [0, 0.1) is 6.92 Å². The standard InChI is InChI=1S/C12H15NOS.C2H6/c1-3-4-9-8(2)13-12(14)11-7-15-6-5-10(9)11;1-2/h3-4H,5-7H2,1-2H3,(H,13,14);1-2H3/b4-3-;. The second-order valence-electron chi connectivity index (χ2n) is 3.75. The van der Waals surface area contributed by atoms with Gasteiger partial charge in [0.2, 0.25) is 0 Å². The predicted octanol–water partition coefficient (Wildman–Crippen LogP) is 3.53. The highest BCUT2D eigenvalue weighted by Crippen LogP contribution is 2.26. The third kappa shape index (κ3) is 3.03. The van der Waals surface area contributed by atoms with Gasteiger partial charge >= 0.3 is 0 Å². The van der Waals surface area contributed by atoms with E-state index in [-0.39, 0.29) is 5.56 Å². The summed E-state index contributed by atoms with van der Waals surface area (Å²) in [6, 6.07) is 0. The first-order valence-corrected chi connectivity index (χ1v) is 7.34. The van der Waals surface area contributed by atoms with Crippen molar-refractivity contribution in [2.45, 2.75) is 39.9 Å². The molecule has 0 radical (unpaired) electrons. The minimum atomic E-state index is 0.1000. The van der Waals surface area contributed by atoms with Crippen molar-refractivity contribution in [2.75, 3.05) is 5.75 Å². The molecule has 0 fully saturated rings. The number of allylic oxidation sites excluding steroid dienone is 1. The van der Waals surface area contributed by atoms with Gasteiger partial charge in [0.15, 0.2) is 0 Å². The van der Waals surface area contributed by atoms with Crippen molar-refractivity contribution in [3.63, 3.8) is 0 Å². The van der Waals surface area contributed by atoms with Crippen LogP contribution in [-0.4, -0.2) is 10.7 Å². The molecule has 1 aromatic rings. The Bertz CT molecular complexity index is 460. The topological polar surface area (TPSA) is 32.9 Å². The van der Waals surface area contributed by atoms with Crippen LogP contribution in [0.25, 0.3) is 6.08 Å². The second kappa shape index (κ2) is 6.70. The lowest BCUT2D eigenvalue weighted by Crippen LogP contribution is -2.21. The molecule has 0 unspecified atom stereocenters. The summed E-state index contributed by atoms with van der Waals surface area (Å²) >= 11 is 1.84. The van der Waals surface area contributed by atoms with Gasteiger partial charge in [-0.15, -0.1) is 0 Å². The maximum Gasteiger partial charge on any atom is 0.252 e. The van der Waals surface area contributed by atoms with Crippen molar-refractivity contribution in [3.05, 3.63) is 38.8 Å². The minimum Gasteiger partial charge on any atom is -0.326 e. The van der Waals surface area contributed by atoms with Crippen LogP contribution in [0.1, 0.15) is 43.2 Å². The molecule has 1 N–H and O–H groups in total. The van der Waals surface area contributed by atoms with Crippen LogP contribution in [-0.2, 0) is 12.2 Å². The van der Waals surface area contributed by atoms with Crippen molar-refractivity contribution < 1.29 is 0 Å². The zero-order chi connectivity index (χ0) is 12.8. The highest BCUT2D eigenvalue weighted by Gasteiger charge is 2.17. The van der Waals surface area contributed by atoms with Gasteiger partial charge in [-0.25, -0.2) is 0 Å². The number of fused-ring (bicyclic) bond motifs is 1. The summed E-state index contributed by atoms with van der Waals surface area (Å²) in [6.45, 7) is 7.98. The Morgan fingerprint density at radius 3 is 2.65 bits per heavy atom. The van der Waals surface area contributed by atoms with Crippen LogP contribution in [0.4, 0.5) is 0 Å². The van der Waals surface area contributed by atoms with Crippen molar-refractivity contribution >= 4 is 17.8 Å². The Morgan fingerprint density at radius 2 is 2.00 bits per heavy atom. The highest BCUT2D eigenvalue weighted by molar-refractivity contribution is 7.98. The Labute approximate surface area is 108 Å². The lowest BCUT2D eigenvalue weighted by atomic mass is 9.99. The number of nitrogens with one attached hydrogen (secondary N) is 1. The van der Waals surface area contributed by atoms with Gasteiger partial charge in [-0.3, -0.25) is 4.79 Å². The lowest BCUT2D eigenvalue weighted by Gasteiger charge is -2.18. The molecule has 1 aliphatic rings. The first-order valence-electron chi connectivity index (χ1n) is 6.19. The number of aryl methyl sites for hydroxylation is 1. The summed E-state index contributed by atoms with van der Waals surface area (Å²) in [5, 5.41) is 0. The Hall–Kier alpha value is -0.960. The number of pyridine rings is 1. The maximum absolute atomic E-state index is 11.7. The average Bonchev–Trinajstić information content (AvgIpc) is 2.37. The minimum absolute atomic E-state index is 0.1000. The molecular formula is C14H21NOS. The molecular weight excluding hydrogens is 230 g/mol. The molecule has 94 valence electrons. The van der Waals surface area contributed by atoms with Gasteiger partial charge < -0.3 is 4.98 Å². The second-order valence-corrected chi connectivity index (χ2v) is 4.86. The molecule has 3 heteroatoms. The number of hydrogen-bond acceptors (Lipinski definition) is 2. The molecule has 0 atom stereocenters. The molecule has 2 nitrogen and oxygen atoms in total. The van der Waals surface area contributed by atoms with E-state index in [1.807, 2.05) is 45.5 Å². The van der Waals surface area contributed by atoms with E-state index in [1.54, 1.807) is 0 Å². The van der Waals surface area contributed by atoms with E-state index >= 15 is 0 Å². The van der Waals surface area contributed by atoms with Crippen LogP contribution in [0.5, 0.6) is 0 Å². The number of aromatic amines is 1. The summed E-state index contributed by atoms with van der Waals surface area (Å²) in [5.74, 6) is 1.98. The number of aromatic nitrogens is 1. The van der Waals surface area contributed by atoms with Gasteiger partial charge in [-0.1, -0.05) is 26.0 Å². The summed E-state index contributed by atoms with van der Waals surface area (Å²) in [5.41, 5.74) is 4.54. The van der Waals surface area contributed by atoms with Crippen LogP contribution in [0.3, 0.4) is 0 Å². The first kappa shape index (κ1) is 14.1. The van der Waals surface area contributed by atoms with Gasteiger partial charge in [0.1, 0.15) is 0 Å². The largest absolute Gasteiger partial charge is 0.326 e. The van der Waals surface area contributed by atoms with Crippen molar-refractivity contribution in [1.29, 1.82) is 0 Å². The molecule has 0 bridgehead atoms. The quantitative estimate of drug-likeness (QED) is 0.828. The maximum atomic E-state index is 11.7. The molecule has 2 rings (SSSR count). The number of hydrogen-bond donors (Lipinski definition) is 1. The molecule has 17 heavy (non-hydrogen) atoms. The first-order chi connectivity index (χ1) is 8.24. The van der Waals surface area contributed by atoms with Gasteiger partial charge in [-0.2, -0.15) is 11.8 Å². The van der Waals surface area contributed by atoms with Crippen LogP contribution < -0.4 is 5.56 Å². The molecule has 0 amide bonds.